The number of ketones is 1. The van der Waals surface area contributed by atoms with Gasteiger partial charge in [0.25, 0.3) is 0 Å². The van der Waals surface area contributed by atoms with Gasteiger partial charge in [0.05, 0.1) is 12.7 Å². The summed E-state index contributed by atoms with van der Waals surface area (Å²) in [7, 11) is 1.30. The summed E-state index contributed by atoms with van der Waals surface area (Å²) in [6.07, 6.45) is 0.383. The van der Waals surface area contributed by atoms with E-state index in [1.807, 2.05) is 13.8 Å². The van der Waals surface area contributed by atoms with E-state index in [2.05, 4.69) is 4.74 Å². The number of methoxy groups -OCH3 is 1. The number of carbonyl (C=O) groups excluding carboxylic acids is 2. The fraction of sp³-hybridized carbons (Fsp3) is 0.385. The van der Waals surface area contributed by atoms with Crippen LogP contribution in [-0.4, -0.2) is 18.9 Å². The molecule has 0 amide bonds. The van der Waals surface area contributed by atoms with Crippen molar-refractivity contribution in [1.29, 1.82) is 0 Å². The molecule has 16 heavy (non-hydrogen) atoms. The molecular formula is C13H18O3. The monoisotopic (exact) mass is 222 g/mol. The van der Waals surface area contributed by atoms with E-state index >= 15 is 0 Å². The first kappa shape index (κ1) is 14.4. The number of Topliss-reactive ketones (excluding diaryl/α,β-unsaturated/α-hetero) is 1. The van der Waals surface area contributed by atoms with Gasteiger partial charge in [0.15, 0.2) is 5.78 Å². The van der Waals surface area contributed by atoms with E-state index in [0.717, 1.165) is 0 Å². The maximum absolute atomic E-state index is 11.4. The Morgan fingerprint density at radius 3 is 2.06 bits per heavy atom. The third kappa shape index (κ3) is 3.50. The van der Waals surface area contributed by atoms with Crippen LogP contribution in [0, 0.1) is 0 Å². The van der Waals surface area contributed by atoms with Crippen LogP contribution in [0.3, 0.4) is 0 Å². The maximum Gasteiger partial charge on any atom is 0.338 e. The molecule has 1 aromatic carbocycles. The molecule has 3 heteroatoms. The molecule has 88 valence electrons. The lowest BCUT2D eigenvalue weighted by Gasteiger charge is -2.04. The van der Waals surface area contributed by atoms with Crippen LogP contribution in [0.2, 0.25) is 0 Å². The van der Waals surface area contributed by atoms with Crippen LogP contribution in [0.4, 0.5) is 0 Å². The molecule has 0 fully saturated rings. The molecule has 0 saturated carbocycles. The standard InChI is InChI=1S/C11H12O3.C2H6/c1-3-10(12)8-6-4-5-7-9(8)11(13)14-2;1-2/h4-7H,3H2,1-2H3;1-2H3. The van der Waals surface area contributed by atoms with Crippen molar-refractivity contribution in [1.82, 2.24) is 0 Å². The highest BCUT2D eigenvalue weighted by molar-refractivity contribution is 6.06. The molecule has 0 bridgehead atoms. The first-order valence-corrected chi connectivity index (χ1v) is 5.41. The van der Waals surface area contributed by atoms with Crippen LogP contribution in [0.15, 0.2) is 24.3 Å². The van der Waals surface area contributed by atoms with E-state index in [1.165, 1.54) is 7.11 Å². The van der Waals surface area contributed by atoms with Crippen LogP contribution in [-0.2, 0) is 4.74 Å². The summed E-state index contributed by atoms with van der Waals surface area (Å²) in [6, 6.07) is 6.67. The van der Waals surface area contributed by atoms with Crippen molar-refractivity contribution in [3.63, 3.8) is 0 Å². The van der Waals surface area contributed by atoms with Crippen molar-refractivity contribution >= 4 is 11.8 Å². The van der Waals surface area contributed by atoms with Gasteiger partial charge in [0.2, 0.25) is 0 Å². The lowest BCUT2D eigenvalue weighted by molar-refractivity contribution is 0.0597. The molecule has 0 heterocycles. The normalized spacial score (nSPS) is 8.75. The predicted octanol–water partition coefficient (Wildman–Crippen LogP) is 3.09. The summed E-state index contributed by atoms with van der Waals surface area (Å²) in [6.45, 7) is 5.76. The second-order valence-electron chi connectivity index (χ2n) is 2.81. The Bertz CT molecular complexity index is 321. The molecule has 0 aliphatic heterocycles. The number of carbonyl (C=O) groups is 2. The maximum atomic E-state index is 11.4. The summed E-state index contributed by atoms with van der Waals surface area (Å²) >= 11 is 0. The van der Waals surface area contributed by atoms with Gasteiger partial charge in [0, 0.05) is 12.0 Å². The average molecular weight is 222 g/mol. The van der Waals surface area contributed by atoms with Gasteiger partial charge in [-0.3, -0.25) is 4.79 Å². The Morgan fingerprint density at radius 2 is 1.62 bits per heavy atom. The zero-order chi connectivity index (χ0) is 12.6. The Kier molecular flexibility index (Phi) is 6.84. The van der Waals surface area contributed by atoms with Crippen molar-refractivity contribution in [3.05, 3.63) is 35.4 Å². The predicted molar refractivity (Wildman–Crippen MR) is 63.8 cm³/mol. The van der Waals surface area contributed by atoms with E-state index in [-0.39, 0.29) is 5.78 Å². The van der Waals surface area contributed by atoms with Gasteiger partial charge in [-0.15, -0.1) is 0 Å². The van der Waals surface area contributed by atoms with Gasteiger partial charge in [-0.2, -0.15) is 0 Å². The molecule has 0 aromatic heterocycles. The average Bonchev–Trinajstić information content (AvgIpc) is 2.39. The molecule has 3 nitrogen and oxygen atoms in total. The smallest absolute Gasteiger partial charge is 0.338 e. The van der Waals surface area contributed by atoms with Gasteiger partial charge in [-0.05, 0) is 6.07 Å². The molecule has 0 saturated heterocycles. The van der Waals surface area contributed by atoms with E-state index in [0.29, 0.717) is 17.5 Å². The molecular weight excluding hydrogens is 204 g/mol. The highest BCUT2D eigenvalue weighted by Crippen LogP contribution is 2.12. The third-order valence-corrected chi connectivity index (χ3v) is 1.95. The van der Waals surface area contributed by atoms with Crippen LogP contribution in [0.1, 0.15) is 47.9 Å². The summed E-state index contributed by atoms with van der Waals surface area (Å²) in [5, 5.41) is 0. The van der Waals surface area contributed by atoms with Crippen molar-refractivity contribution in [2.45, 2.75) is 27.2 Å². The Hall–Kier alpha value is -1.64. The minimum atomic E-state index is -0.470. The van der Waals surface area contributed by atoms with Crippen LogP contribution < -0.4 is 0 Å². The minimum Gasteiger partial charge on any atom is -0.465 e. The first-order valence-electron chi connectivity index (χ1n) is 5.41. The minimum absolute atomic E-state index is 0.0500. The first-order chi connectivity index (χ1) is 7.70. The summed E-state index contributed by atoms with van der Waals surface area (Å²) in [5.74, 6) is -0.520. The number of hydrogen-bond donors (Lipinski definition) is 0. The molecule has 0 radical (unpaired) electrons. The summed E-state index contributed by atoms with van der Waals surface area (Å²) < 4.78 is 4.58. The number of hydrogen-bond acceptors (Lipinski definition) is 3. The zero-order valence-electron chi connectivity index (χ0n) is 10.2. The van der Waals surface area contributed by atoms with Crippen LogP contribution >= 0.6 is 0 Å². The Morgan fingerprint density at radius 1 is 1.12 bits per heavy atom. The molecule has 1 rings (SSSR count). The third-order valence-electron chi connectivity index (χ3n) is 1.95. The molecule has 0 N–H and O–H groups in total. The Balaban J connectivity index is 0.00000106. The number of esters is 1. The summed E-state index contributed by atoms with van der Waals surface area (Å²) in [4.78, 5) is 22.7. The largest absolute Gasteiger partial charge is 0.465 e. The topological polar surface area (TPSA) is 43.4 Å². The Labute approximate surface area is 96.4 Å². The number of ether oxygens (including phenoxy) is 1. The van der Waals surface area contributed by atoms with Crippen LogP contribution in [0.5, 0.6) is 0 Å². The van der Waals surface area contributed by atoms with E-state index in [4.69, 9.17) is 0 Å². The lowest BCUT2D eigenvalue weighted by Crippen LogP contribution is -2.09. The molecule has 1 aromatic rings. The van der Waals surface area contributed by atoms with E-state index in [9.17, 15) is 9.59 Å². The van der Waals surface area contributed by atoms with Gasteiger partial charge in [-0.1, -0.05) is 39.0 Å². The molecule has 0 unspecified atom stereocenters. The molecule has 0 aliphatic carbocycles. The van der Waals surface area contributed by atoms with Crippen LogP contribution in [0.25, 0.3) is 0 Å². The second-order valence-corrected chi connectivity index (χ2v) is 2.81. The van der Waals surface area contributed by atoms with E-state index < -0.39 is 5.97 Å². The molecule has 0 atom stereocenters. The van der Waals surface area contributed by atoms with Crippen molar-refractivity contribution in [2.75, 3.05) is 7.11 Å². The lowest BCUT2D eigenvalue weighted by atomic mass is 10.0. The number of benzene rings is 1. The number of rotatable bonds is 3. The highest BCUT2D eigenvalue weighted by Gasteiger charge is 2.14. The van der Waals surface area contributed by atoms with Crippen molar-refractivity contribution in [2.24, 2.45) is 0 Å². The van der Waals surface area contributed by atoms with Gasteiger partial charge >= 0.3 is 5.97 Å². The van der Waals surface area contributed by atoms with Gasteiger partial charge < -0.3 is 4.74 Å². The quantitative estimate of drug-likeness (QED) is 0.583. The van der Waals surface area contributed by atoms with Crippen molar-refractivity contribution < 1.29 is 14.3 Å². The van der Waals surface area contributed by atoms with Crippen molar-refractivity contribution in [3.8, 4) is 0 Å². The summed E-state index contributed by atoms with van der Waals surface area (Å²) in [5.41, 5.74) is 0.767. The molecule has 0 spiro atoms. The van der Waals surface area contributed by atoms with Gasteiger partial charge in [-0.25, -0.2) is 4.79 Å². The molecule has 0 aliphatic rings. The second kappa shape index (κ2) is 7.63. The zero-order valence-corrected chi connectivity index (χ0v) is 10.2. The van der Waals surface area contributed by atoms with Gasteiger partial charge in [0.1, 0.15) is 0 Å². The fourth-order valence-corrected chi connectivity index (χ4v) is 1.20. The van der Waals surface area contributed by atoms with E-state index in [1.54, 1.807) is 31.2 Å². The SMILES string of the molecule is CC.CCC(=O)c1ccccc1C(=O)OC. The highest BCUT2D eigenvalue weighted by atomic mass is 16.5. The fourth-order valence-electron chi connectivity index (χ4n) is 1.20.